The minimum atomic E-state index is 0.261. The Labute approximate surface area is 108 Å². The van der Waals surface area contributed by atoms with Gasteiger partial charge in [0, 0.05) is 6.54 Å². The summed E-state index contributed by atoms with van der Waals surface area (Å²) in [6.07, 6.45) is 10.4. The fraction of sp³-hybridized carbons (Fsp3) is 0.750. The van der Waals surface area contributed by atoms with Gasteiger partial charge in [0.2, 0.25) is 0 Å². The summed E-state index contributed by atoms with van der Waals surface area (Å²) in [5.41, 5.74) is 0. The van der Waals surface area contributed by atoms with Gasteiger partial charge in [-0.15, -0.1) is 5.10 Å². The Morgan fingerprint density at radius 3 is 2.35 bits per heavy atom. The summed E-state index contributed by atoms with van der Waals surface area (Å²) in [6, 6.07) is 1.93. The number of nitrogens with zero attached hydrogens (tertiary/aromatic N) is 4. The minimum absolute atomic E-state index is 0.261. The number of hydrogen-bond acceptors (Lipinski definition) is 4. The summed E-state index contributed by atoms with van der Waals surface area (Å²) in [4.78, 5) is 3.87. The van der Waals surface area contributed by atoms with E-state index in [0.717, 1.165) is 18.7 Å². The second-order valence-electron chi connectivity index (χ2n) is 4.14. The molecule has 0 spiro atoms. The fourth-order valence-electron chi connectivity index (χ4n) is 1.72. The fourth-order valence-corrected chi connectivity index (χ4v) is 1.95. The molecule has 5 heteroatoms. The highest BCUT2D eigenvalue weighted by atomic mass is 32.1. The molecule has 0 amide bonds. The van der Waals surface area contributed by atoms with Crippen LogP contribution in [0.15, 0.2) is 6.33 Å². The van der Waals surface area contributed by atoms with Crippen molar-refractivity contribution in [2.24, 2.45) is 0 Å². The number of aryl methyl sites for hydroxylation is 1. The lowest BCUT2D eigenvalue weighted by molar-refractivity contribution is 0.522. The van der Waals surface area contributed by atoms with Crippen molar-refractivity contribution < 1.29 is 0 Å². The van der Waals surface area contributed by atoms with Crippen molar-refractivity contribution in [1.82, 2.24) is 14.8 Å². The number of nitriles is 1. The number of unbranched alkanes of at least 4 members (excludes halogenated alkanes) is 6. The molecule has 94 valence electrons. The third-order valence-corrected chi connectivity index (χ3v) is 3.00. The summed E-state index contributed by atoms with van der Waals surface area (Å²) >= 11 is 4.19. The molecule has 0 atom stereocenters. The molecule has 0 N–H and O–H groups in total. The zero-order chi connectivity index (χ0) is 12.3. The topological polar surface area (TPSA) is 54.5 Å². The average molecular weight is 252 g/mol. The third-order valence-electron chi connectivity index (χ3n) is 2.68. The van der Waals surface area contributed by atoms with Gasteiger partial charge in [-0.2, -0.15) is 17.9 Å². The Kier molecular flexibility index (Phi) is 7.48. The van der Waals surface area contributed by atoms with E-state index in [-0.39, 0.29) is 5.82 Å². The van der Waals surface area contributed by atoms with Gasteiger partial charge in [-0.3, -0.25) is 4.68 Å². The molecule has 1 aromatic rings. The van der Waals surface area contributed by atoms with E-state index in [9.17, 15) is 0 Å². The first-order chi connectivity index (χ1) is 8.36. The molecular formula is C12H20N4S. The van der Waals surface area contributed by atoms with Crippen molar-refractivity contribution in [2.45, 2.75) is 51.5 Å². The van der Waals surface area contributed by atoms with Crippen LogP contribution in [-0.2, 0) is 6.54 Å². The van der Waals surface area contributed by atoms with Gasteiger partial charge >= 0.3 is 0 Å². The van der Waals surface area contributed by atoms with Gasteiger partial charge in [-0.25, -0.2) is 4.98 Å². The van der Waals surface area contributed by atoms with Crippen LogP contribution in [0.2, 0.25) is 0 Å². The molecule has 0 fully saturated rings. The quantitative estimate of drug-likeness (QED) is 0.543. The molecule has 1 rings (SSSR count). The molecule has 0 bridgehead atoms. The van der Waals surface area contributed by atoms with Gasteiger partial charge in [-0.1, -0.05) is 32.1 Å². The maximum absolute atomic E-state index is 8.57. The lowest BCUT2D eigenvalue weighted by Crippen LogP contribution is -1.98. The predicted molar refractivity (Wildman–Crippen MR) is 70.9 cm³/mol. The standard InChI is InChI=1S/C12H20N4S/c13-10-12-14-11-16(15-12)8-6-4-2-1-3-5-7-9-17/h11,17H,1-9H2. The smallest absolute Gasteiger partial charge is 0.252 e. The van der Waals surface area contributed by atoms with Crippen LogP contribution in [0, 0.1) is 11.3 Å². The van der Waals surface area contributed by atoms with Crippen LogP contribution < -0.4 is 0 Å². The van der Waals surface area contributed by atoms with Gasteiger partial charge in [0.25, 0.3) is 5.82 Å². The van der Waals surface area contributed by atoms with Crippen LogP contribution in [0.5, 0.6) is 0 Å². The first-order valence-corrected chi connectivity index (χ1v) is 6.90. The van der Waals surface area contributed by atoms with Crippen molar-refractivity contribution in [3.05, 3.63) is 12.2 Å². The van der Waals surface area contributed by atoms with Crippen LogP contribution in [-0.4, -0.2) is 20.5 Å². The highest BCUT2D eigenvalue weighted by Crippen LogP contribution is 2.08. The number of aromatic nitrogens is 3. The molecule has 4 nitrogen and oxygen atoms in total. The maximum Gasteiger partial charge on any atom is 0.252 e. The van der Waals surface area contributed by atoms with Crippen molar-refractivity contribution >= 4 is 12.6 Å². The minimum Gasteiger partial charge on any atom is -0.252 e. The van der Waals surface area contributed by atoms with Crippen molar-refractivity contribution in [2.75, 3.05) is 5.75 Å². The van der Waals surface area contributed by atoms with Crippen LogP contribution in [0.1, 0.15) is 50.8 Å². The monoisotopic (exact) mass is 252 g/mol. The van der Waals surface area contributed by atoms with Gasteiger partial charge in [0.15, 0.2) is 0 Å². The lowest BCUT2D eigenvalue weighted by Gasteiger charge is -2.01. The van der Waals surface area contributed by atoms with E-state index < -0.39 is 0 Å². The molecule has 17 heavy (non-hydrogen) atoms. The summed E-state index contributed by atoms with van der Waals surface area (Å²) in [7, 11) is 0. The first kappa shape index (κ1) is 14.0. The molecular weight excluding hydrogens is 232 g/mol. The van der Waals surface area contributed by atoms with Crippen LogP contribution in [0.25, 0.3) is 0 Å². The van der Waals surface area contributed by atoms with E-state index in [1.807, 2.05) is 6.07 Å². The molecule has 0 aromatic carbocycles. The highest BCUT2D eigenvalue weighted by molar-refractivity contribution is 7.80. The Hall–Kier alpha value is -1.02. The van der Waals surface area contributed by atoms with Gasteiger partial charge in [0.1, 0.15) is 12.4 Å². The maximum atomic E-state index is 8.57. The molecule has 0 aliphatic rings. The average Bonchev–Trinajstić information content (AvgIpc) is 2.80. The van der Waals surface area contributed by atoms with Gasteiger partial charge < -0.3 is 0 Å². The van der Waals surface area contributed by atoms with E-state index in [0.29, 0.717) is 0 Å². The highest BCUT2D eigenvalue weighted by Gasteiger charge is 1.98. The summed E-state index contributed by atoms with van der Waals surface area (Å²) < 4.78 is 1.75. The second-order valence-corrected chi connectivity index (χ2v) is 4.59. The molecule has 0 saturated carbocycles. The van der Waals surface area contributed by atoms with E-state index in [1.54, 1.807) is 11.0 Å². The van der Waals surface area contributed by atoms with Crippen molar-refractivity contribution in [3.8, 4) is 6.07 Å². The lowest BCUT2D eigenvalue weighted by atomic mass is 10.1. The number of thiol groups is 1. The molecule has 1 heterocycles. The molecule has 0 radical (unpaired) electrons. The normalized spacial score (nSPS) is 10.4. The van der Waals surface area contributed by atoms with E-state index in [1.165, 1.54) is 38.5 Å². The Morgan fingerprint density at radius 2 is 1.76 bits per heavy atom. The van der Waals surface area contributed by atoms with Gasteiger partial charge in [0.05, 0.1) is 0 Å². The summed E-state index contributed by atoms with van der Waals surface area (Å²) in [5.74, 6) is 1.27. The Bertz CT molecular complexity index is 343. The van der Waals surface area contributed by atoms with E-state index >= 15 is 0 Å². The molecule has 0 aliphatic carbocycles. The first-order valence-electron chi connectivity index (χ1n) is 6.27. The second kappa shape index (κ2) is 9.06. The zero-order valence-corrected chi connectivity index (χ0v) is 11.1. The largest absolute Gasteiger partial charge is 0.252 e. The number of hydrogen-bond donors (Lipinski definition) is 1. The summed E-state index contributed by atoms with van der Waals surface area (Å²) in [5, 5.41) is 12.6. The van der Waals surface area contributed by atoms with Crippen molar-refractivity contribution in [1.29, 1.82) is 5.26 Å². The SMILES string of the molecule is N#Cc1ncn(CCCCCCCCCS)n1. The zero-order valence-electron chi connectivity index (χ0n) is 10.2. The predicted octanol–water partition coefficient (Wildman–Crippen LogP) is 2.81. The van der Waals surface area contributed by atoms with E-state index in [4.69, 9.17) is 5.26 Å². The van der Waals surface area contributed by atoms with E-state index in [2.05, 4.69) is 22.7 Å². The van der Waals surface area contributed by atoms with Crippen LogP contribution >= 0.6 is 12.6 Å². The molecule has 0 aliphatic heterocycles. The Balaban J connectivity index is 1.95. The van der Waals surface area contributed by atoms with Crippen molar-refractivity contribution in [3.63, 3.8) is 0 Å². The third kappa shape index (κ3) is 6.32. The number of rotatable bonds is 9. The summed E-state index contributed by atoms with van der Waals surface area (Å²) in [6.45, 7) is 0.866. The van der Waals surface area contributed by atoms with Crippen LogP contribution in [0.3, 0.4) is 0 Å². The Morgan fingerprint density at radius 1 is 1.12 bits per heavy atom. The molecule has 0 saturated heterocycles. The molecule has 1 aromatic heterocycles. The molecule has 0 unspecified atom stereocenters. The van der Waals surface area contributed by atoms with Crippen LogP contribution in [0.4, 0.5) is 0 Å². The van der Waals surface area contributed by atoms with Gasteiger partial charge in [-0.05, 0) is 18.6 Å².